The first-order valence-corrected chi connectivity index (χ1v) is 8.33. The Kier molecular flexibility index (Phi) is 5.28. The zero-order valence-electron chi connectivity index (χ0n) is 14.1. The number of benzene rings is 2. The SMILES string of the molecule is CN1CCC(Nc2ccccc2NC(=O)c2cc(F)ccc2F)CC1. The van der Waals surface area contributed by atoms with Gasteiger partial charge in [-0.1, -0.05) is 12.1 Å². The number of anilines is 2. The molecule has 0 bridgehead atoms. The Morgan fingerprint density at radius 3 is 2.48 bits per heavy atom. The maximum atomic E-state index is 13.8. The third-order valence-electron chi connectivity index (χ3n) is 4.43. The van der Waals surface area contributed by atoms with Gasteiger partial charge in [0.15, 0.2) is 0 Å². The maximum Gasteiger partial charge on any atom is 0.258 e. The molecule has 1 saturated heterocycles. The normalized spacial score (nSPS) is 15.8. The predicted molar refractivity (Wildman–Crippen MR) is 94.9 cm³/mol. The third kappa shape index (κ3) is 4.33. The second-order valence-electron chi connectivity index (χ2n) is 6.35. The Morgan fingerprint density at radius 2 is 1.76 bits per heavy atom. The largest absolute Gasteiger partial charge is 0.381 e. The molecule has 1 fully saturated rings. The van der Waals surface area contributed by atoms with Crippen molar-refractivity contribution in [3.05, 3.63) is 59.7 Å². The zero-order valence-corrected chi connectivity index (χ0v) is 14.1. The van der Waals surface area contributed by atoms with Gasteiger partial charge in [-0.15, -0.1) is 0 Å². The van der Waals surface area contributed by atoms with Crippen LogP contribution in [-0.4, -0.2) is 37.0 Å². The molecule has 132 valence electrons. The molecule has 4 nitrogen and oxygen atoms in total. The quantitative estimate of drug-likeness (QED) is 0.888. The number of hydrogen-bond donors (Lipinski definition) is 2. The summed E-state index contributed by atoms with van der Waals surface area (Å²) in [6.07, 6.45) is 2.02. The monoisotopic (exact) mass is 345 g/mol. The smallest absolute Gasteiger partial charge is 0.258 e. The summed E-state index contributed by atoms with van der Waals surface area (Å²) in [6, 6.07) is 10.4. The van der Waals surface area contributed by atoms with Crippen LogP contribution in [0.4, 0.5) is 20.2 Å². The Balaban J connectivity index is 1.74. The average molecular weight is 345 g/mol. The summed E-state index contributed by atoms with van der Waals surface area (Å²) < 4.78 is 27.1. The van der Waals surface area contributed by atoms with Crippen LogP contribution in [-0.2, 0) is 0 Å². The van der Waals surface area contributed by atoms with E-state index in [9.17, 15) is 13.6 Å². The first kappa shape index (κ1) is 17.4. The van der Waals surface area contributed by atoms with Gasteiger partial charge in [-0.2, -0.15) is 0 Å². The van der Waals surface area contributed by atoms with E-state index in [1.54, 1.807) is 12.1 Å². The van der Waals surface area contributed by atoms with E-state index in [0.29, 0.717) is 11.7 Å². The molecule has 1 amide bonds. The average Bonchev–Trinajstić information content (AvgIpc) is 2.60. The molecule has 3 rings (SSSR count). The number of carbonyl (C=O) groups excluding carboxylic acids is 1. The second-order valence-corrected chi connectivity index (χ2v) is 6.35. The molecule has 1 aliphatic heterocycles. The molecule has 25 heavy (non-hydrogen) atoms. The molecule has 2 N–H and O–H groups in total. The van der Waals surface area contributed by atoms with E-state index in [2.05, 4.69) is 22.6 Å². The van der Waals surface area contributed by atoms with Gasteiger partial charge in [0, 0.05) is 6.04 Å². The van der Waals surface area contributed by atoms with Crippen molar-refractivity contribution in [2.45, 2.75) is 18.9 Å². The fourth-order valence-electron chi connectivity index (χ4n) is 2.95. The molecule has 0 aromatic heterocycles. The van der Waals surface area contributed by atoms with E-state index in [1.165, 1.54) is 0 Å². The van der Waals surface area contributed by atoms with Gasteiger partial charge in [-0.05, 0) is 63.3 Å². The highest BCUT2D eigenvalue weighted by Crippen LogP contribution is 2.25. The van der Waals surface area contributed by atoms with Crippen LogP contribution in [0, 0.1) is 11.6 Å². The molecule has 0 radical (unpaired) electrons. The number of para-hydroxylation sites is 2. The summed E-state index contributed by atoms with van der Waals surface area (Å²) in [7, 11) is 2.10. The fourth-order valence-corrected chi connectivity index (χ4v) is 2.95. The lowest BCUT2D eigenvalue weighted by Gasteiger charge is -2.30. The van der Waals surface area contributed by atoms with Crippen molar-refractivity contribution in [1.29, 1.82) is 0 Å². The van der Waals surface area contributed by atoms with Crippen molar-refractivity contribution in [3.8, 4) is 0 Å². The van der Waals surface area contributed by atoms with Crippen LogP contribution in [0.5, 0.6) is 0 Å². The van der Waals surface area contributed by atoms with Crippen LogP contribution in [0.15, 0.2) is 42.5 Å². The second kappa shape index (κ2) is 7.61. The number of carbonyl (C=O) groups is 1. The van der Waals surface area contributed by atoms with E-state index in [0.717, 1.165) is 49.8 Å². The molecule has 0 atom stereocenters. The van der Waals surface area contributed by atoms with Crippen LogP contribution < -0.4 is 10.6 Å². The highest BCUT2D eigenvalue weighted by atomic mass is 19.1. The number of halogens is 2. The van der Waals surface area contributed by atoms with E-state index in [-0.39, 0.29) is 5.56 Å². The van der Waals surface area contributed by atoms with E-state index in [4.69, 9.17) is 0 Å². The van der Waals surface area contributed by atoms with Gasteiger partial charge in [0.1, 0.15) is 11.6 Å². The van der Waals surface area contributed by atoms with Crippen molar-refractivity contribution >= 4 is 17.3 Å². The van der Waals surface area contributed by atoms with Gasteiger partial charge >= 0.3 is 0 Å². The Labute approximate surface area is 145 Å². The first-order valence-electron chi connectivity index (χ1n) is 8.33. The molecule has 2 aromatic carbocycles. The molecule has 6 heteroatoms. The van der Waals surface area contributed by atoms with E-state index >= 15 is 0 Å². The lowest BCUT2D eigenvalue weighted by molar-refractivity contribution is 0.102. The first-order chi connectivity index (χ1) is 12.0. The number of nitrogens with zero attached hydrogens (tertiary/aromatic N) is 1. The Morgan fingerprint density at radius 1 is 1.08 bits per heavy atom. The molecular weight excluding hydrogens is 324 g/mol. The van der Waals surface area contributed by atoms with E-state index < -0.39 is 17.5 Å². The third-order valence-corrected chi connectivity index (χ3v) is 4.43. The van der Waals surface area contributed by atoms with Crippen LogP contribution in [0.1, 0.15) is 23.2 Å². The minimum absolute atomic E-state index is 0.311. The molecule has 0 saturated carbocycles. The topological polar surface area (TPSA) is 44.4 Å². The standard InChI is InChI=1S/C19H21F2N3O/c1-24-10-8-14(9-11-24)22-17-4-2-3-5-18(17)23-19(25)15-12-13(20)6-7-16(15)21/h2-7,12,14,22H,8-11H2,1H3,(H,23,25). The lowest BCUT2D eigenvalue weighted by atomic mass is 10.0. The van der Waals surface area contributed by atoms with Gasteiger partial charge in [0.2, 0.25) is 0 Å². The molecule has 1 heterocycles. The van der Waals surface area contributed by atoms with Crippen molar-refractivity contribution in [1.82, 2.24) is 4.90 Å². The number of hydrogen-bond acceptors (Lipinski definition) is 3. The van der Waals surface area contributed by atoms with Crippen LogP contribution in [0.25, 0.3) is 0 Å². The molecule has 2 aromatic rings. The predicted octanol–water partition coefficient (Wildman–Crippen LogP) is 3.72. The minimum Gasteiger partial charge on any atom is -0.381 e. The molecule has 0 spiro atoms. The molecule has 0 unspecified atom stereocenters. The lowest BCUT2D eigenvalue weighted by Crippen LogP contribution is -2.36. The molecular formula is C19H21F2N3O. The Hall–Kier alpha value is -2.47. The van der Waals surface area contributed by atoms with Crippen LogP contribution in [0.2, 0.25) is 0 Å². The molecule has 1 aliphatic rings. The number of nitrogens with one attached hydrogen (secondary N) is 2. The van der Waals surface area contributed by atoms with Crippen molar-refractivity contribution in [2.24, 2.45) is 0 Å². The summed E-state index contributed by atoms with van der Waals surface area (Å²) in [4.78, 5) is 14.6. The number of amides is 1. The van der Waals surface area contributed by atoms with Gasteiger partial charge in [-0.3, -0.25) is 4.79 Å². The van der Waals surface area contributed by atoms with Crippen molar-refractivity contribution < 1.29 is 13.6 Å². The summed E-state index contributed by atoms with van der Waals surface area (Å²) in [5.74, 6) is -2.07. The summed E-state index contributed by atoms with van der Waals surface area (Å²) in [5.41, 5.74) is 1.02. The van der Waals surface area contributed by atoms with Gasteiger partial charge < -0.3 is 15.5 Å². The van der Waals surface area contributed by atoms with Gasteiger partial charge in [-0.25, -0.2) is 8.78 Å². The fraction of sp³-hybridized carbons (Fsp3) is 0.316. The summed E-state index contributed by atoms with van der Waals surface area (Å²) >= 11 is 0. The summed E-state index contributed by atoms with van der Waals surface area (Å²) in [6.45, 7) is 2.03. The highest BCUT2D eigenvalue weighted by molar-refractivity contribution is 6.06. The minimum atomic E-state index is -0.750. The van der Waals surface area contributed by atoms with E-state index in [1.807, 2.05) is 12.1 Å². The zero-order chi connectivity index (χ0) is 17.8. The van der Waals surface area contributed by atoms with Crippen LogP contribution in [0.3, 0.4) is 0 Å². The number of likely N-dealkylation sites (tertiary alicyclic amines) is 1. The van der Waals surface area contributed by atoms with Gasteiger partial charge in [0.25, 0.3) is 5.91 Å². The van der Waals surface area contributed by atoms with Gasteiger partial charge in [0.05, 0.1) is 16.9 Å². The number of rotatable bonds is 4. The Bertz CT molecular complexity index is 758. The number of piperidine rings is 1. The molecule has 0 aliphatic carbocycles. The highest BCUT2D eigenvalue weighted by Gasteiger charge is 2.19. The summed E-state index contributed by atoms with van der Waals surface area (Å²) in [5, 5.41) is 6.12. The van der Waals surface area contributed by atoms with Crippen LogP contribution >= 0.6 is 0 Å². The van der Waals surface area contributed by atoms with Crippen molar-refractivity contribution in [3.63, 3.8) is 0 Å². The van der Waals surface area contributed by atoms with Crippen molar-refractivity contribution in [2.75, 3.05) is 30.8 Å². The maximum absolute atomic E-state index is 13.8.